The van der Waals surface area contributed by atoms with E-state index in [0.717, 1.165) is 32.7 Å². The van der Waals surface area contributed by atoms with Gasteiger partial charge in [-0.1, -0.05) is 29.8 Å². The zero-order chi connectivity index (χ0) is 13.0. The summed E-state index contributed by atoms with van der Waals surface area (Å²) in [5, 5.41) is 0.524. The third-order valence-electron chi connectivity index (χ3n) is 3.15. The van der Waals surface area contributed by atoms with Gasteiger partial charge in [-0.2, -0.15) is 0 Å². The summed E-state index contributed by atoms with van der Waals surface area (Å²) in [6.45, 7) is 7.89. The molecule has 0 spiro atoms. The molecule has 0 aliphatic carbocycles. The van der Waals surface area contributed by atoms with Crippen LogP contribution in [0, 0.1) is 0 Å². The van der Waals surface area contributed by atoms with Crippen LogP contribution in [0.15, 0.2) is 36.9 Å². The first kappa shape index (κ1) is 13.1. The number of carbonyl (C=O) groups is 1. The lowest BCUT2D eigenvalue weighted by Gasteiger charge is -2.34. The Morgan fingerprint density at radius 1 is 1.28 bits per heavy atom. The van der Waals surface area contributed by atoms with Gasteiger partial charge in [-0.15, -0.1) is 6.58 Å². The molecule has 3 nitrogen and oxygen atoms in total. The maximum absolute atomic E-state index is 12.3. The predicted molar refractivity (Wildman–Crippen MR) is 74.0 cm³/mol. The number of carbonyl (C=O) groups excluding carboxylic acids is 1. The second kappa shape index (κ2) is 6.03. The van der Waals surface area contributed by atoms with Crippen LogP contribution in [-0.4, -0.2) is 48.4 Å². The van der Waals surface area contributed by atoms with E-state index in [1.165, 1.54) is 0 Å². The molecular formula is C14H17ClN2O. The van der Waals surface area contributed by atoms with Gasteiger partial charge >= 0.3 is 0 Å². The van der Waals surface area contributed by atoms with Crippen molar-refractivity contribution >= 4 is 17.5 Å². The number of halogens is 1. The summed E-state index contributed by atoms with van der Waals surface area (Å²) in [6.07, 6.45) is 1.89. The van der Waals surface area contributed by atoms with E-state index in [9.17, 15) is 4.79 Å². The molecule has 1 aliphatic heterocycles. The quantitative estimate of drug-likeness (QED) is 0.782. The maximum atomic E-state index is 12.3. The number of hydrogen-bond acceptors (Lipinski definition) is 2. The molecule has 0 atom stereocenters. The lowest BCUT2D eigenvalue weighted by atomic mass is 10.2. The topological polar surface area (TPSA) is 23.6 Å². The fraction of sp³-hybridized carbons (Fsp3) is 0.357. The summed E-state index contributed by atoms with van der Waals surface area (Å²) in [7, 11) is 0. The molecule has 0 saturated carbocycles. The molecule has 96 valence electrons. The van der Waals surface area contributed by atoms with Gasteiger partial charge in [0, 0.05) is 32.7 Å². The Morgan fingerprint density at radius 2 is 1.94 bits per heavy atom. The molecule has 0 aromatic heterocycles. The summed E-state index contributed by atoms with van der Waals surface area (Å²) >= 11 is 6.05. The zero-order valence-corrected chi connectivity index (χ0v) is 11.1. The number of benzene rings is 1. The summed E-state index contributed by atoms with van der Waals surface area (Å²) in [5.74, 6) is 0.0267. The van der Waals surface area contributed by atoms with Gasteiger partial charge in [0.25, 0.3) is 5.91 Å². The molecule has 0 bridgehead atoms. The molecule has 0 N–H and O–H groups in total. The van der Waals surface area contributed by atoms with Crippen molar-refractivity contribution in [3.8, 4) is 0 Å². The standard InChI is InChI=1S/C14H17ClN2O/c1-2-7-16-8-10-17(11-9-16)14(18)12-5-3-4-6-13(12)15/h2-6H,1,7-11H2. The van der Waals surface area contributed by atoms with Crippen LogP contribution in [0.25, 0.3) is 0 Å². The molecule has 1 aromatic rings. The Balaban J connectivity index is 2.00. The van der Waals surface area contributed by atoms with Crippen molar-refractivity contribution in [2.45, 2.75) is 0 Å². The van der Waals surface area contributed by atoms with Gasteiger partial charge < -0.3 is 4.90 Å². The average Bonchev–Trinajstić information content (AvgIpc) is 2.40. The molecule has 0 radical (unpaired) electrons. The van der Waals surface area contributed by atoms with Crippen molar-refractivity contribution in [1.29, 1.82) is 0 Å². The zero-order valence-electron chi connectivity index (χ0n) is 10.3. The molecule has 2 rings (SSSR count). The van der Waals surface area contributed by atoms with Crippen LogP contribution >= 0.6 is 11.6 Å². The van der Waals surface area contributed by atoms with Gasteiger partial charge in [0.15, 0.2) is 0 Å². The van der Waals surface area contributed by atoms with Gasteiger partial charge in [0.05, 0.1) is 10.6 Å². The first-order valence-corrected chi connectivity index (χ1v) is 6.47. The van der Waals surface area contributed by atoms with E-state index in [4.69, 9.17) is 11.6 Å². The summed E-state index contributed by atoms with van der Waals surface area (Å²) in [5.41, 5.74) is 0.594. The van der Waals surface area contributed by atoms with Gasteiger partial charge in [0.2, 0.25) is 0 Å². The Labute approximate surface area is 113 Å². The molecule has 1 fully saturated rings. The van der Waals surface area contributed by atoms with E-state index in [1.807, 2.05) is 23.1 Å². The van der Waals surface area contributed by atoms with Crippen molar-refractivity contribution in [1.82, 2.24) is 9.80 Å². The Bertz CT molecular complexity index is 439. The van der Waals surface area contributed by atoms with Crippen LogP contribution in [0.4, 0.5) is 0 Å². The van der Waals surface area contributed by atoms with Gasteiger partial charge in [-0.3, -0.25) is 9.69 Å². The number of nitrogens with zero attached hydrogens (tertiary/aromatic N) is 2. The maximum Gasteiger partial charge on any atom is 0.255 e. The Hall–Kier alpha value is -1.32. The number of hydrogen-bond donors (Lipinski definition) is 0. The van der Waals surface area contributed by atoms with Crippen LogP contribution in [0.1, 0.15) is 10.4 Å². The van der Waals surface area contributed by atoms with Gasteiger partial charge in [-0.05, 0) is 12.1 Å². The summed E-state index contributed by atoms with van der Waals surface area (Å²) < 4.78 is 0. The van der Waals surface area contributed by atoms with Crippen LogP contribution in [0.3, 0.4) is 0 Å². The van der Waals surface area contributed by atoms with Crippen molar-refractivity contribution in [3.05, 3.63) is 47.5 Å². The highest BCUT2D eigenvalue weighted by molar-refractivity contribution is 6.33. The average molecular weight is 265 g/mol. The van der Waals surface area contributed by atoms with Crippen LogP contribution in [-0.2, 0) is 0 Å². The normalized spacial score (nSPS) is 16.6. The third-order valence-corrected chi connectivity index (χ3v) is 3.48. The molecular weight excluding hydrogens is 248 g/mol. The van der Waals surface area contributed by atoms with Crippen LogP contribution in [0.2, 0.25) is 5.02 Å². The SMILES string of the molecule is C=CCN1CCN(C(=O)c2ccccc2Cl)CC1. The number of amides is 1. The summed E-state index contributed by atoms with van der Waals surface area (Å²) in [6, 6.07) is 7.21. The minimum atomic E-state index is 0.0267. The molecule has 1 aromatic carbocycles. The van der Waals surface area contributed by atoms with Crippen LogP contribution in [0.5, 0.6) is 0 Å². The van der Waals surface area contributed by atoms with Gasteiger partial charge in [-0.25, -0.2) is 0 Å². The van der Waals surface area contributed by atoms with E-state index in [-0.39, 0.29) is 5.91 Å². The van der Waals surface area contributed by atoms with Crippen LogP contribution < -0.4 is 0 Å². The third kappa shape index (κ3) is 2.92. The Kier molecular flexibility index (Phi) is 4.39. The van der Waals surface area contributed by atoms with Crippen molar-refractivity contribution in [2.24, 2.45) is 0 Å². The van der Waals surface area contributed by atoms with E-state index in [2.05, 4.69) is 11.5 Å². The molecule has 1 heterocycles. The Morgan fingerprint density at radius 3 is 2.56 bits per heavy atom. The minimum Gasteiger partial charge on any atom is -0.336 e. The number of rotatable bonds is 3. The van der Waals surface area contributed by atoms with Crippen molar-refractivity contribution < 1.29 is 4.79 Å². The smallest absolute Gasteiger partial charge is 0.255 e. The van der Waals surface area contributed by atoms with E-state index in [0.29, 0.717) is 10.6 Å². The van der Waals surface area contributed by atoms with E-state index >= 15 is 0 Å². The molecule has 1 aliphatic rings. The molecule has 18 heavy (non-hydrogen) atoms. The highest BCUT2D eigenvalue weighted by atomic mass is 35.5. The lowest BCUT2D eigenvalue weighted by molar-refractivity contribution is 0.0650. The number of piperazine rings is 1. The first-order valence-electron chi connectivity index (χ1n) is 6.09. The van der Waals surface area contributed by atoms with Crippen molar-refractivity contribution in [2.75, 3.05) is 32.7 Å². The van der Waals surface area contributed by atoms with Gasteiger partial charge in [0.1, 0.15) is 0 Å². The lowest BCUT2D eigenvalue weighted by Crippen LogP contribution is -2.48. The molecule has 0 unspecified atom stereocenters. The largest absolute Gasteiger partial charge is 0.336 e. The first-order chi connectivity index (χ1) is 8.72. The molecule has 1 amide bonds. The predicted octanol–water partition coefficient (Wildman–Crippen LogP) is 2.28. The second-order valence-corrected chi connectivity index (χ2v) is 4.77. The fourth-order valence-electron chi connectivity index (χ4n) is 2.12. The van der Waals surface area contributed by atoms with Crippen molar-refractivity contribution in [3.63, 3.8) is 0 Å². The molecule has 1 saturated heterocycles. The molecule has 4 heteroatoms. The monoisotopic (exact) mass is 264 g/mol. The second-order valence-electron chi connectivity index (χ2n) is 4.36. The van der Waals surface area contributed by atoms with E-state index in [1.54, 1.807) is 12.1 Å². The highest BCUT2D eigenvalue weighted by Gasteiger charge is 2.22. The fourth-order valence-corrected chi connectivity index (χ4v) is 2.34. The summed E-state index contributed by atoms with van der Waals surface area (Å²) in [4.78, 5) is 16.4. The highest BCUT2D eigenvalue weighted by Crippen LogP contribution is 2.17. The minimum absolute atomic E-state index is 0.0267. The van der Waals surface area contributed by atoms with E-state index < -0.39 is 0 Å².